The normalized spacial score (nSPS) is 12.1. The molecular weight excluding hydrogens is 370 g/mol. The van der Waals surface area contributed by atoms with Gasteiger partial charge < -0.3 is 4.74 Å². The number of esters is 1. The molecule has 0 bridgehead atoms. The van der Waals surface area contributed by atoms with Gasteiger partial charge in [-0.05, 0) is 38.1 Å². The number of nitrogens with zero attached hydrogens (tertiary/aromatic N) is 4. The maximum Gasteiger partial charge on any atom is 0.343 e. The maximum absolute atomic E-state index is 12.5. The smallest absolute Gasteiger partial charge is 0.343 e. The Kier molecular flexibility index (Phi) is 6.10. The molecule has 0 aliphatic rings. The summed E-state index contributed by atoms with van der Waals surface area (Å²) in [5.41, 5.74) is 2.45. The van der Waals surface area contributed by atoms with Gasteiger partial charge in [0.25, 0.3) is 5.56 Å². The SMILES string of the molecule is CCOC(=O)c1c[nH]n2c(=O)cc(CN(CC)C(C)c3ccc(C#N)cc3)nc12. The average molecular weight is 393 g/mol. The molecule has 0 spiro atoms. The molecule has 0 aliphatic heterocycles. The van der Waals surface area contributed by atoms with Gasteiger partial charge >= 0.3 is 5.97 Å². The van der Waals surface area contributed by atoms with Crippen LogP contribution in [0.3, 0.4) is 0 Å². The van der Waals surface area contributed by atoms with Crippen molar-refractivity contribution in [3.63, 3.8) is 0 Å². The first kappa shape index (κ1) is 20.3. The van der Waals surface area contributed by atoms with Crippen molar-refractivity contribution >= 4 is 11.6 Å². The molecule has 1 N–H and O–H groups in total. The predicted octanol–water partition coefficient (Wildman–Crippen LogP) is 2.65. The number of H-pyrrole nitrogens is 1. The van der Waals surface area contributed by atoms with E-state index in [1.165, 1.54) is 16.8 Å². The molecule has 150 valence electrons. The highest BCUT2D eigenvalue weighted by Crippen LogP contribution is 2.22. The van der Waals surface area contributed by atoms with Gasteiger partial charge in [0.15, 0.2) is 5.65 Å². The van der Waals surface area contributed by atoms with Gasteiger partial charge in [0.05, 0.1) is 23.9 Å². The van der Waals surface area contributed by atoms with E-state index in [2.05, 4.69) is 28.0 Å². The zero-order valence-corrected chi connectivity index (χ0v) is 16.7. The highest BCUT2D eigenvalue weighted by atomic mass is 16.5. The number of ether oxygens (including phenoxy) is 1. The lowest BCUT2D eigenvalue weighted by Crippen LogP contribution is -2.28. The second kappa shape index (κ2) is 8.71. The van der Waals surface area contributed by atoms with Crippen LogP contribution in [0.25, 0.3) is 5.65 Å². The summed E-state index contributed by atoms with van der Waals surface area (Å²) >= 11 is 0. The van der Waals surface area contributed by atoms with Gasteiger partial charge in [0.2, 0.25) is 0 Å². The van der Waals surface area contributed by atoms with Crippen molar-refractivity contribution in [3.05, 3.63) is 69.3 Å². The fourth-order valence-corrected chi connectivity index (χ4v) is 3.25. The summed E-state index contributed by atoms with van der Waals surface area (Å²) in [4.78, 5) is 31.3. The van der Waals surface area contributed by atoms with Crippen LogP contribution in [0.2, 0.25) is 0 Å². The van der Waals surface area contributed by atoms with Gasteiger partial charge in [-0.2, -0.15) is 5.26 Å². The quantitative estimate of drug-likeness (QED) is 0.619. The van der Waals surface area contributed by atoms with Crippen LogP contribution in [0.4, 0.5) is 0 Å². The maximum atomic E-state index is 12.5. The topological polar surface area (TPSA) is 103 Å². The van der Waals surface area contributed by atoms with Gasteiger partial charge in [0.1, 0.15) is 5.56 Å². The summed E-state index contributed by atoms with van der Waals surface area (Å²) in [6.07, 6.45) is 1.43. The summed E-state index contributed by atoms with van der Waals surface area (Å²) < 4.78 is 6.28. The molecule has 0 fully saturated rings. The van der Waals surface area contributed by atoms with E-state index in [0.29, 0.717) is 17.8 Å². The number of nitriles is 1. The lowest BCUT2D eigenvalue weighted by molar-refractivity contribution is 0.0528. The molecule has 0 saturated heterocycles. The molecule has 0 radical (unpaired) electrons. The van der Waals surface area contributed by atoms with Gasteiger partial charge in [-0.1, -0.05) is 19.1 Å². The minimum absolute atomic E-state index is 0.0590. The number of carbonyl (C=O) groups is 1. The lowest BCUT2D eigenvalue weighted by atomic mass is 10.0. The number of fused-ring (bicyclic) bond motifs is 1. The van der Waals surface area contributed by atoms with Crippen molar-refractivity contribution in [2.45, 2.75) is 33.4 Å². The Morgan fingerprint density at radius 3 is 2.69 bits per heavy atom. The molecule has 3 aromatic rings. The van der Waals surface area contributed by atoms with E-state index in [-0.39, 0.29) is 29.4 Å². The third-order valence-electron chi connectivity index (χ3n) is 4.89. The number of hydrogen-bond acceptors (Lipinski definition) is 6. The molecule has 3 rings (SSSR count). The first-order valence-electron chi connectivity index (χ1n) is 9.49. The summed E-state index contributed by atoms with van der Waals surface area (Å²) in [7, 11) is 0. The zero-order chi connectivity index (χ0) is 21.0. The first-order valence-corrected chi connectivity index (χ1v) is 9.49. The predicted molar refractivity (Wildman–Crippen MR) is 107 cm³/mol. The van der Waals surface area contributed by atoms with Crippen LogP contribution in [-0.4, -0.2) is 38.6 Å². The Balaban J connectivity index is 1.90. The standard InChI is InChI=1S/C21H23N5O3/c1-4-25(14(3)16-8-6-15(11-22)7-9-16)13-17-10-19(27)26-20(24-17)18(12-23-26)21(28)29-5-2/h6-10,12,14,23H,4-5,13H2,1-3H3. The first-order chi connectivity index (χ1) is 14.0. The monoisotopic (exact) mass is 393 g/mol. The van der Waals surface area contributed by atoms with Crippen LogP contribution in [0.15, 0.2) is 41.3 Å². The van der Waals surface area contributed by atoms with E-state index >= 15 is 0 Å². The summed E-state index contributed by atoms with van der Waals surface area (Å²) in [5.74, 6) is -0.520. The van der Waals surface area contributed by atoms with E-state index in [1.54, 1.807) is 19.1 Å². The molecule has 8 nitrogen and oxygen atoms in total. The summed E-state index contributed by atoms with van der Waals surface area (Å²) in [6.45, 7) is 7.24. The molecule has 2 aromatic heterocycles. The third-order valence-corrected chi connectivity index (χ3v) is 4.89. The Bertz CT molecular complexity index is 1110. The van der Waals surface area contributed by atoms with Crippen LogP contribution in [0, 0.1) is 11.3 Å². The van der Waals surface area contributed by atoms with E-state index in [4.69, 9.17) is 10.00 Å². The fraction of sp³-hybridized carbons (Fsp3) is 0.333. The molecule has 1 atom stereocenters. The Labute approximate surface area is 168 Å². The highest BCUT2D eigenvalue weighted by molar-refractivity contribution is 5.95. The summed E-state index contributed by atoms with van der Waals surface area (Å²) in [6, 6.07) is 11.1. The minimum atomic E-state index is -0.520. The van der Waals surface area contributed by atoms with Crippen molar-refractivity contribution in [2.75, 3.05) is 13.2 Å². The Hall–Kier alpha value is -3.44. The van der Waals surface area contributed by atoms with Crippen LogP contribution in [0.5, 0.6) is 0 Å². The second-order valence-electron chi connectivity index (χ2n) is 6.63. The van der Waals surface area contributed by atoms with E-state index in [9.17, 15) is 9.59 Å². The van der Waals surface area contributed by atoms with Crippen molar-refractivity contribution in [1.82, 2.24) is 19.5 Å². The molecule has 0 aliphatic carbocycles. The summed E-state index contributed by atoms with van der Waals surface area (Å²) in [5, 5.41) is 11.7. The molecule has 29 heavy (non-hydrogen) atoms. The van der Waals surface area contributed by atoms with Crippen molar-refractivity contribution < 1.29 is 9.53 Å². The number of aromatic amines is 1. The van der Waals surface area contributed by atoms with E-state index in [0.717, 1.165) is 12.1 Å². The number of benzene rings is 1. The van der Waals surface area contributed by atoms with E-state index < -0.39 is 5.97 Å². The van der Waals surface area contributed by atoms with Crippen molar-refractivity contribution in [3.8, 4) is 6.07 Å². The van der Waals surface area contributed by atoms with Crippen molar-refractivity contribution in [2.24, 2.45) is 0 Å². The Morgan fingerprint density at radius 2 is 2.07 bits per heavy atom. The largest absolute Gasteiger partial charge is 0.462 e. The van der Waals surface area contributed by atoms with Crippen LogP contribution in [0.1, 0.15) is 54.0 Å². The average Bonchev–Trinajstić information content (AvgIpc) is 3.16. The number of rotatable bonds is 7. The van der Waals surface area contributed by atoms with Crippen molar-refractivity contribution in [1.29, 1.82) is 5.26 Å². The number of aromatic nitrogens is 3. The van der Waals surface area contributed by atoms with Gasteiger partial charge in [0, 0.05) is 24.8 Å². The molecule has 1 aromatic carbocycles. The molecular formula is C21H23N5O3. The van der Waals surface area contributed by atoms with Crippen LogP contribution < -0.4 is 5.56 Å². The molecule has 0 saturated carbocycles. The highest BCUT2D eigenvalue weighted by Gasteiger charge is 2.19. The molecule has 0 amide bonds. The number of hydrogen-bond donors (Lipinski definition) is 1. The third kappa shape index (κ3) is 4.20. The molecule has 8 heteroatoms. The Morgan fingerprint density at radius 1 is 1.34 bits per heavy atom. The molecule has 1 unspecified atom stereocenters. The van der Waals surface area contributed by atoms with Gasteiger partial charge in [-0.15, -0.1) is 0 Å². The number of carbonyl (C=O) groups excluding carboxylic acids is 1. The molecule has 2 heterocycles. The van der Waals surface area contributed by atoms with Crippen LogP contribution >= 0.6 is 0 Å². The van der Waals surface area contributed by atoms with Gasteiger partial charge in [-0.25, -0.2) is 14.3 Å². The zero-order valence-electron chi connectivity index (χ0n) is 16.7. The van der Waals surface area contributed by atoms with Gasteiger partial charge in [-0.3, -0.25) is 14.8 Å². The minimum Gasteiger partial charge on any atom is -0.462 e. The number of nitrogens with one attached hydrogen (secondary N) is 1. The second-order valence-corrected chi connectivity index (χ2v) is 6.63. The lowest BCUT2D eigenvalue weighted by Gasteiger charge is -2.27. The van der Waals surface area contributed by atoms with Crippen LogP contribution in [-0.2, 0) is 11.3 Å². The van der Waals surface area contributed by atoms with E-state index in [1.807, 2.05) is 19.1 Å². The fourth-order valence-electron chi connectivity index (χ4n) is 3.25.